The van der Waals surface area contributed by atoms with Crippen molar-refractivity contribution in [3.8, 4) is 0 Å². The van der Waals surface area contributed by atoms with Crippen molar-refractivity contribution in [2.45, 2.75) is 38.8 Å². The number of carbonyl (C=O) groups is 2. The molecule has 2 atom stereocenters. The smallest absolute Gasteiger partial charge is 0.242 e. The number of hydrogen-bond donors (Lipinski definition) is 1. The molecule has 1 heterocycles. The first-order valence-electron chi connectivity index (χ1n) is 5.66. The molecule has 1 fully saturated rings. The van der Waals surface area contributed by atoms with E-state index in [-0.39, 0.29) is 24.0 Å². The van der Waals surface area contributed by atoms with Gasteiger partial charge in [-0.2, -0.15) is 0 Å². The number of piperazine rings is 1. The molecular weight excluding hydrogens is 208 g/mol. The minimum absolute atomic E-state index is 0.0336. The molecule has 2 amide bonds. The quantitative estimate of drug-likeness (QED) is 0.745. The highest BCUT2D eigenvalue weighted by molar-refractivity contribution is 5.88. The zero-order valence-electron chi connectivity index (χ0n) is 10.2. The lowest BCUT2D eigenvalue weighted by atomic mass is 10.1. The first kappa shape index (κ1) is 13.0. The average molecular weight is 228 g/mol. The first-order chi connectivity index (χ1) is 7.56. The van der Waals surface area contributed by atoms with Crippen molar-refractivity contribution in [1.29, 1.82) is 0 Å². The molecule has 0 aromatic rings. The number of ether oxygens (including phenoxy) is 1. The van der Waals surface area contributed by atoms with Gasteiger partial charge in [-0.05, 0) is 20.3 Å². The molecule has 0 spiro atoms. The van der Waals surface area contributed by atoms with Gasteiger partial charge in [-0.3, -0.25) is 9.59 Å². The monoisotopic (exact) mass is 228 g/mol. The number of nitrogens with one attached hydrogen (secondary N) is 1. The molecule has 1 aliphatic rings. The SMILES string of the molecule is COC(C)CCC(=O)N1CCNC(=O)C1C. The molecule has 1 rings (SSSR count). The molecule has 0 bridgehead atoms. The Labute approximate surface area is 96.1 Å². The summed E-state index contributed by atoms with van der Waals surface area (Å²) >= 11 is 0. The number of nitrogens with zero attached hydrogens (tertiary/aromatic N) is 1. The standard InChI is InChI=1S/C11H20N2O3/c1-8(16-3)4-5-10(14)13-7-6-12-11(15)9(13)2/h8-9H,4-7H2,1-3H3,(H,12,15). The Hall–Kier alpha value is -1.10. The van der Waals surface area contributed by atoms with Gasteiger partial charge < -0.3 is 15.0 Å². The van der Waals surface area contributed by atoms with Crippen LogP contribution in [0.5, 0.6) is 0 Å². The van der Waals surface area contributed by atoms with Crippen LogP contribution in [-0.2, 0) is 14.3 Å². The van der Waals surface area contributed by atoms with Crippen LogP contribution in [0, 0.1) is 0 Å². The van der Waals surface area contributed by atoms with Gasteiger partial charge in [0.15, 0.2) is 0 Å². The zero-order chi connectivity index (χ0) is 12.1. The summed E-state index contributed by atoms with van der Waals surface area (Å²) in [5.74, 6) is -0.0364. The van der Waals surface area contributed by atoms with Crippen molar-refractivity contribution >= 4 is 11.8 Å². The number of amides is 2. The highest BCUT2D eigenvalue weighted by atomic mass is 16.5. The number of hydrogen-bond acceptors (Lipinski definition) is 3. The van der Waals surface area contributed by atoms with Crippen LogP contribution < -0.4 is 5.32 Å². The second-order valence-electron chi connectivity index (χ2n) is 4.14. The maximum Gasteiger partial charge on any atom is 0.242 e. The van der Waals surface area contributed by atoms with Crippen LogP contribution >= 0.6 is 0 Å². The summed E-state index contributed by atoms with van der Waals surface area (Å²) in [6.07, 6.45) is 1.21. The van der Waals surface area contributed by atoms with Crippen molar-refractivity contribution in [2.75, 3.05) is 20.2 Å². The van der Waals surface area contributed by atoms with Gasteiger partial charge in [-0.15, -0.1) is 0 Å². The molecule has 5 heteroatoms. The molecule has 0 aliphatic carbocycles. The average Bonchev–Trinajstić information content (AvgIpc) is 2.29. The van der Waals surface area contributed by atoms with Crippen molar-refractivity contribution in [3.63, 3.8) is 0 Å². The van der Waals surface area contributed by atoms with Crippen LogP contribution in [0.2, 0.25) is 0 Å². The number of rotatable bonds is 4. The van der Waals surface area contributed by atoms with E-state index in [9.17, 15) is 9.59 Å². The number of methoxy groups -OCH3 is 1. The summed E-state index contributed by atoms with van der Waals surface area (Å²) in [5, 5.41) is 2.74. The van der Waals surface area contributed by atoms with Gasteiger partial charge in [0, 0.05) is 26.6 Å². The fourth-order valence-corrected chi connectivity index (χ4v) is 1.71. The van der Waals surface area contributed by atoms with E-state index in [0.717, 1.165) is 0 Å². The predicted octanol–water partition coefficient (Wildman–Crippen LogP) is 0.148. The molecule has 1 aliphatic heterocycles. The lowest BCUT2D eigenvalue weighted by molar-refractivity contribution is -0.142. The maximum absolute atomic E-state index is 11.9. The van der Waals surface area contributed by atoms with Crippen LogP contribution in [0.25, 0.3) is 0 Å². The molecule has 0 aromatic heterocycles. The van der Waals surface area contributed by atoms with Gasteiger partial charge in [0.05, 0.1) is 6.10 Å². The van der Waals surface area contributed by atoms with Gasteiger partial charge in [0.2, 0.25) is 11.8 Å². The van der Waals surface area contributed by atoms with Crippen molar-refractivity contribution in [3.05, 3.63) is 0 Å². The van der Waals surface area contributed by atoms with Crippen LogP contribution in [-0.4, -0.2) is 49.1 Å². The van der Waals surface area contributed by atoms with E-state index in [1.807, 2.05) is 6.92 Å². The first-order valence-corrected chi connectivity index (χ1v) is 5.66. The summed E-state index contributed by atoms with van der Waals surface area (Å²) in [6, 6.07) is -0.348. The summed E-state index contributed by atoms with van der Waals surface area (Å²) in [6.45, 7) is 4.84. The van der Waals surface area contributed by atoms with E-state index in [4.69, 9.17) is 4.74 Å². The number of carbonyl (C=O) groups excluding carboxylic acids is 2. The second-order valence-corrected chi connectivity index (χ2v) is 4.14. The summed E-state index contributed by atoms with van der Waals surface area (Å²) < 4.78 is 5.09. The molecule has 5 nitrogen and oxygen atoms in total. The van der Waals surface area contributed by atoms with Gasteiger partial charge in [-0.1, -0.05) is 0 Å². The van der Waals surface area contributed by atoms with Gasteiger partial charge in [0.1, 0.15) is 6.04 Å². The van der Waals surface area contributed by atoms with Gasteiger partial charge in [0.25, 0.3) is 0 Å². The Kier molecular flexibility index (Phi) is 4.73. The van der Waals surface area contributed by atoms with E-state index < -0.39 is 0 Å². The summed E-state index contributed by atoms with van der Waals surface area (Å²) in [4.78, 5) is 24.9. The van der Waals surface area contributed by atoms with E-state index in [1.54, 1.807) is 18.9 Å². The van der Waals surface area contributed by atoms with Gasteiger partial charge >= 0.3 is 0 Å². The minimum Gasteiger partial charge on any atom is -0.382 e. The highest BCUT2D eigenvalue weighted by Gasteiger charge is 2.28. The van der Waals surface area contributed by atoms with Crippen molar-refractivity contribution < 1.29 is 14.3 Å². The normalized spacial score (nSPS) is 22.8. The van der Waals surface area contributed by atoms with E-state index >= 15 is 0 Å². The molecule has 0 saturated carbocycles. The van der Waals surface area contributed by atoms with Crippen LogP contribution in [0.1, 0.15) is 26.7 Å². The Balaban J connectivity index is 2.43. The van der Waals surface area contributed by atoms with E-state index in [0.29, 0.717) is 25.9 Å². The highest BCUT2D eigenvalue weighted by Crippen LogP contribution is 2.09. The fourth-order valence-electron chi connectivity index (χ4n) is 1.71. The maximum atomic E-state index is 11.9. The topological polar surface area (TPSA) is 58.6 Å². The Bertz CT molecular complexity index is 268. The molecule has 1 saturated heterocycles. The predicted molar refractivity (Wildman–Crippen MR) is 59.9 cm³/mol. The Morgan fingerprint density at radius 3 is 3.00 bits per heavy atom. The lowest BCUT2D eigenvalue weighted by Crippen LogP contribution is -2.55. The molecule has 16 heavy (non-hydrogen) atoms. The molecule has 2 unspecified atom stereocenters. The Morgan fingerprint density at radius 1 is 1.69 bits per heavy atom. The third kappa shape index (κ3) is 3.20. The largest absolute Gasteiger partial charge is 0.382 e. The van der Waals surface area contributed by atoms with Gasteiger partial charge in [-0.25, -0.2) is 0 Å². The van der Waals surface area contributed by atoms with E-state index in [2.05, 4.69) is 5.32 Å². The summed E-state index contributed by atoms with van der Waals surface area (Å²) in [7, 11) is 1.63. The third-order valence-electron chi connectivity index (χ3n) is 2.99. The molecule has 92 valence electrons. The zero-order valence-corrected chi connectivity index (χ0v) is 10.2. The lowest BCUT2D eigenvalue weighted by Gasteiger charge is -2.33. The Morgan fingerprint density at radius 2 is 2.38 bits per heavy atom. The fraction of sp³-hybridized carbons (Fsp3) is 0.818. The van der Waals surface area contributed by atoms with Crippen molar-refractivity contribution in [2.24, 2.45) is 0 Å². The molecule has 0 aromatic carbocycles. The minimum atomic E-state index is -0.348. The third-order valence-corrected chi connectivity index (χ3v) is 2.99. The van der Waals surface area contributed by atoms with Crippen LogP contribution in [0.3, 0.4) is 0 Å². The van der Waals surface area contributed by atoms with Crippen molar-refractivity contribution in [1.82, 2.24) is 10.2 Å². The molecule has 0 radical (unpaired) electrons. The molecular formula is C11H20N2O3. The van der Waals surface area contributed by atoms with E-state index in [1.165, 1.54) is 0 Å². The summed E-state index contributed by atoms with van der Waals surface area (Å²) in [5.41, 5.74) is 0. The second kappa shape index (κ2) is 5.84. The molecule has 1 N–H and O–H groups in total. The van der Waals surface area contributed by atoms with Crippen LogP contribution in [0.4, 0.5) is 0 Å². The van der Waals surface area contributed by atoms with Crippen LogP contribution in [0.15, 0.2) is 0 Å².